The molecule has 2 aromatic rings. The fraction of sp³-hybridized carbons (Fsp3) is 0.517. The third kappa shape index (κ3) is 6.50. The van der Waals surface area contributed by atoms with Crippen LogP contribution in [0.2, 0.25) is 0 Å². The topological polar surface area (TPSA) is 61.9 Å². The highest BCUT2D eigenvalue weighted by molar-refractivity contribution is 5.99. The van der Waals surface area contributed by atoms with Crippen molar-refractivity contribution in [1.82, 2.24) is 10.2 Å². The minimum atomic E-state index is -4.64. The number of nitrogens with zero attached hydrogens (tertiary/aromatic N) is 2. The zero-order chi connectivity index (χ0) is 29.4. The van der Waals surface area contributed by atoms with E-state index >= 15 is 4.39 Å². The standard InChI is InChI=1S/C29H34F5N3O3/c1-5-6-12-37(16-29(32,33)34)26(38)24-21-14-17(30)7-8-19(21)20-9-10-22(31)25(23(20)24)36-13-11-18(15-36)35-27(39)40-28(2,3)4/h7-10,14,18,24H,5-6,11-13,15-16H2,1-4H3,(H,35,39). The summed E-state index contributed by atoms with van der Waals surface area (Å²) in [6, 6.07) is 6.15. The predicted octanol–water partition coefficient (Wildman–Crippen LogP) is 6.37. The first-order valence-electron chi connectivity index (χ1n) is 13.4. The summed E-state index contributed by atoms with van der Waals surface area (Å²) in [6.07, 6.45) is -3.90. The number of nitrogens with one attached hydrogen (secondary N) is 1. The molecule has 1 aliphatic heterocycles. The van der Waals surface area contributed by atoms with E-state index in [9.17, 15) is 27.2 Å². The van der Waals surface area contributed by atoms with Crippen LogP contribution in [0.25, 0.3) is 11.1 Å². The van der Waals surface area contributed by atoms with Crippen molar-refractivity contribution in [2.45, 2.75) is 70.7 Å². The average molecular weight is 568 g/mol. The molecule has 0 spiro atoms. The van der Waals surface area contributed by atoms with Gasteiger partial charge < -0.3 is 19.9 Å². The van der Waals surface area contributed by atoms with Gasteiger partial charge in [-0.2, -0.15) is 13.2 Å². The number of alkyl carbamates (subject to hydrolysis) is 1. The van der Waals surface area contributed by atoms with Crippen molar-refractivity contribution in [3.05, 3.63) is 53.1 Å². The number of hydrogen-bond donors (Lipinski definition) is 1. The third-order valence-corrected chi connectivity index (χ3v) is 7.01. The second-order valence-corrected chi connectivity index (χ2v) is 11.3. The summed E-state index contributed by atoms with van der Waals surface area (Å²) in [6.45, 7) is 5.92. The van der Waals surface area contributed by atoms with Gasteiger partial charge in [0.1, 0.15) is 23.8 Å². The number of anilines is 1. The lowest BCUT2D eigenvalue weighted by atomic mass is 9.93. The maximum Gasteiger partial charge on any atom is 0.407 e. The summed E-state index contributed by atoms with van der Waals surface area (Å²) in [7, 11) is 0. The summed E-state index contributed by atoms with van der Waals surface area (Å²) in [5.74, 6) is -3.47. The van der Waals surface area contributed by atoms with Gasteiger partial charge in [-0.05, 0) is 68.5 Å². The Hall–Kier alpha value is -3.37. The molecule has 1 heterocycles. The third-order valence-electron chi connectivity index (χ3n) is 7.01. The summed E-state index contributed by atoms with van der Waals surface area (Å²) in [5.41, 5.74) is 0.731. The Kier molecular flexibility index (Phi) is 8.33. The van der Waals surface area contributed by atoms with Gasteiger partial charge >= 0.3 is 12.3 Å². The van der Waals surface area contributed by atoms with Crippen LogP contribution < -0.4 is 10.2 Å². The van der Waals surface area contributed by atoms with Gasteiger partial charge in [0.05, 0.1) is 17.6 Å². The lowest BCUT2D eigenvalue weighted by Gasteiger charge is -2.30. The highest BCUT2D eigenvalue weighted by Gasteiger charge is 2.43. The zero-order valence-corrected chi connectivity index (χ0v) is 23.0. The number of carbonyl (C=O) groups excluding carboxylic acids is 2. The highest BCUT2D eigenvalue weighted by atomic mass is 19.4. The first-order valence-corrected chi connectivity index (χ1v) is 13.4. The molecule has 1 fully saturated rings. The summed E-state index contributed by atoms with van der Waals surface area (Å²) in [5, 5.41) is 2.77. The minimum absolute atomic E-state index is 0.0726. The van der Waals surface area contributed by atoms with Crippen molar-refractivity contribution in [1.29, 1.82) is 0 Å². The van der Waals surface area contributed by atoms with E-state index in [2.05, 4.69) is 5.32 Å². The predicted molar refractivity (Wildman–Crippen MR) is 141 cm³/mol. The maximum absolute atomic E-state index is 15.6. The van der Waals surface area contributed by atoms with Crippen molar-refractivity contribution in [3.63, 3.8) is 0 Å². The largest absolute Gasteiger partial charge is 0.444 e. The average Bonchev–Trinajstić information content (AvgIpc) is 3.41. The van der Waals surface area contributed by atoms with Gasteiger partial charge in [-0.1, -0.05) is 25.5 Å². The highest BCUT2D eigenvalue weighted by Crippen LogP contribution is 2.51. The summed E-state index contributed by atoms with van der Waals surface area (Å²) < 4.78 is 75.9. The number of unbranched alkanes of at least 4 members (excludes halogenated alkanes) is 1. The smallest absolute Gasteiger partial charge is 0.407 e. The molecule has 1 aliphatic carbocycles. The van der Waals surface area contributed by atoms with Crippen LogP contribution in [0, 0.1) is 11.6 Å². The number of rotatable bonds is 7. The molecule has 2 unspecified atom stereocenters. The molecule has 0 radical (unpaired) electrons. The SMILES string of the molecule is CCCCN(CC(F)(F)F)C(=O)C1c2cc(F)ccc2-c2ccc(F)c(N3CCC(NC(=O)OC(C)(C)C)C3)c21. The number of benzene rings is 2. The molecule has 218 valence electrons. The number of carbonyl (C=O) groups is 2. The van der Waals surface area contributed by atoms with E-state index in [0.717, 1.165) is 11.0 Å². The lowest BCUT2D eigenvalue weighted by molar-refractivity contribution is -0.161. The van der Waals surface area contributed by atoms with Gasteiger partial charge in [0.2, 0.25) is 5.91 Å². The summed E-state index contributed by atoms with van der Waals surface area (Å²) >= 11 is 0. The van der Waals surface area contributed by atoms with Crippen molar-refractivity contribution < 1.29 is 36.3 Å². The van der Waals surface area contributed by atoms with Crippen molar-refractivity contribution in [2.75, 3.05) is 31.1 Å². The van der Waals surface area contributed by atoms with Crippen molar-refractivity contribution in [3.8, 4) is 11.1 Å². The second kappa shape index (κ2) is 11.2. The Balaban J connectivity index is 1.74. The molecular formula is C29H34F5N3O3. The van der Waals surface area contributed by atoms with Crippen LogP contribution in [0.15, 0.2) is 30.3 Å². The maximum atomic E-state index is 15.6. The van der Waals surface area contributed by atoms with Crippen LogP contribution in [0.3, 0.4) is 0 Å². The van der Waals surface area contributed by atoms with E-state index in [1.165, 1.54) is 24.3 Å². The Morgan fingerprint density at radius 1 is 1.10 bits per heavy atom. The Morgan fingerprint density at radius 3 is 2.45 bits per heavy atom. The van der Waals surface area contributed by atoms with E-state index in [0.29, 0.717) is 36.9 Å². The van der Waals surface area contributed by atoms with E-state index < -0.39 is 47.9 Å². The molecule has 0 bridgehead atoms. The van der Waals surface area contributed by atoms with E-state index in [-0.39, 0.29) is 35.9 Å². The molecule has 1 saturated heterocycles. The van der Waals surface area contributed by atoms with Crippen molar-refractivity contribution >= 4 is 17.7 Å². The number of hydrogen-bond acceptors (Lipinski definition) is 4. The van der Waals surface area contributed by atoms with Crippen LogP contribution in [-0.4, -0.2) is 60.9 Å². The number of ether oxygens (including phenoxy) is 1. The summed E-state index contributed by atoms with van der Waals surface area (Å²) in [4.78, 5) is 28.6. The zero-order valence-electron chi connectivity index (χ0n) is 23.0. The number of halogens is 5. The molecule has 2 atom stereocenters. The van der Waals surface area contributed by atoms with Crippen LogP contribution in [0.4, 0.5) is 32.4 Å². The van der Waals surface area contributed by atoms with Crippen molar-refractivity contribution in [2.24, 2.45) is 0 Å². The van der Waals surface area contributed by atoms with E-state index in [4.69, 9.17) is 4.74 Å². The molecule has 6 nitrogen and oxygen atoms in total. The van der Waals surface area contributed by atoms with E-state index in [1.54, 1.807) is 32.6 Å². The van der Waals surface area contributed by atoms with Crippen LogP contribution >= 0.6 is 0 Å². The van der Waals surface area contributed by atoms with Crippen LogP contribution in [0.5, 0.6) is 0 Å². The molecule has 11 heteroatoms. The fourth-order valence-corrected chi connectivity index (χ4v) is 5.43. The lowest BCUT2D eigenvalue weighted by Crippen LogP contribution is -2.42. The van der Waals surface area contributed by atoms with Gasteiger partial charge in [-0.3, -0.25) is 4.79 Å². The monoisotopic (exact) mass is 567 g/mol. The molecule has 2 aliphatic rings. The fourth-order valence-electron chi connectivity index (χ4n) is 5.43. The number of fused-ring (bicyclic) bond motifs is 3. The quantitative estimate of drug-likeness (QED) is 0.395. The van der Waals surface area contributed by atoms with Gasteiger partial charge in [0, 0.05) is 25.2 Å². The number of alkyl halides is 3. The Morgan fingerprint density at radius 2 is 1.80 bits per heavy atom. The first-order chi connectivity index (χ1) is 18.7. The van der Waals surface area contributed by atoms with Gasteiger partial charge in [0.15, 0.2) is 0 Å². The molecule has 2 amide bonds. The van der Waals surface area contributed by atoms with Gasteiger partial charge in [0.25, 0.3) is 0 Å². The molecule has 40 heavy (non-hydrogen) atoms. The van der Waals surface area contributed by atoms with Crippen LogP contribution in [0.1, 0.15) is 64.0 Å². The normalized spacial score (nSPS) is 18.4. The van der Waals surface area contributed by atoms with E-state index in [1.807, 2.05) is 0 Å². The van der Waals surface area contributed by atoms with Gasteiger partial charge in [-0.15, -0.1) is 0 Å². The Bertz CT molecular complexity index is 1270. The Labute approximate surface area is 230 Å². The number of amides is 2. The second-order valence-electron chi connectivity index (χ2n) is 11.3. The minimum Gasteiger partial charge on any atom is -0.444 e. The van der Waals surface area contributed by atoms with Crippen LogP contribution in [-0.2, 0) is 9.53 Å². The molecule has 2 aromatic carbocycles. The molecule has 1 N–H and O–H groups in total. The van der Waals surface area contributed by atoms with Gasteiger partial charge in [-0.25, -0.2) is 13.6 Å². The molecule has 0 aromatic heterocycles. The molecule has 4 rings (SSSR count). The molecule has 0 saturated carbocycles. The first kappa shape index (κ1) is 29.6. The molecular weight excluding hydrogens is 533 g/mol.